The number of fused-ring (bicyclic) bond motifs is 2. The first-order valence-electron chi connectivity index (χ1n) is 10.4. The Balaban J connectivity index is 1.72. The molecule has 7 nitrogen and oxygen atoms in total. The van der Waals surface area contributed by atoms with Crippen LogP contribution in [0.5, 0.6) is 17.2 Å². The van der Waals surface area contributed by atoms with Crippen molar-refractivity contribution >= 4 is 16.9 Å². The van der Waals surface area contributed by atoms with E-state index < -0.39 is 5.97 Å². The van der Waals surface area contributed by atoms with E-state index in [4.69, 9.17) is 23.4 Å². The van der Waals surface area contributed by atoms with Crippen molar-refractivity contribution in [3.63, 3.8) is 0 Å². The molecule has 7 heteroatoms. The maximum absolute atomic E-state index is 13.3. The largest absolute Gasteiger partial charge is 0.486 e. The van der Waals surface area contributed by atoms with Crippen molar-refractivity contribution in [3.8, 4) is 28.4 Å². The van der Waals surface area contributed by atoms with Gasteiger partial charge in [-0.1, -0.05) is 19.4 Å². The first-order valence-corrected chi connectivity index (χ1v) is 10.4. The van der Waals surface area contributed by atoms with E-state index in [-0.39, 0.29) is 12.0 Å². The van der Waals surface area contributed by atoms with Crippen molar-refractivity contribution in [2.45, 2.75) is 26.7 Å². The summed E-state index contributed by atoms with van der Waals surface area (Å²) >= 11 is 0. The van der Waals surface area contributed by atoms with Crippen molar-refractivity contribution in [2.75, 3.05) is 26.4 Å². The highest BCUT2D eigenvalue weighted by Gasteiger charge is 2.17. The van der Waals surface area contributed by atoms with Crippen molar-refractivity contribution in [2.24, 2.45) is 0 Å². The Bertz CT molecular complexity index is 1160. The van der Waals surface area contributed by atoms with E-state index in [1.807, 2.05) is 13.0 Å². The molecular weight excluding hydrogens is 400 g/mol. The molecule has 4 rings (SSSR count). The minimum atomic E-state index is -0.444. The van der Waals surface area contributed by atoms with Gasteiger partial charge >= 0.3 is 5.97 Å². The maximum atomic E-state index is 13.3. The Labute approximate surface area is 179 Å². The van der Waals surface area contributed by atoms with Gasteiger partial charge in [-0.2, -0.15) is 0 Å². The number of carbonyl (C=O) groups is 1. The second kappa shape index (κ2) is 9.12. The summed E-state index contributed by atoms with van der Waals surface area (Å²) in [5, 5.41) is 0.458. The number of aryl methyl sites for hydroxylation is 1. The van der Waals surface area contributed by atoms with E-state index in [2.05, 4.69) is 0 Å². The summed E-state index contributed by atoms with van der Waals surface area (Å²) in [4.78, 5) is 24.9. The summed E-state index contributed by atoms with van der Waals surface area (Å²) in [7, 11) is 0. The summed E-state index contributed by atoms with van der Waals surface area (Å²) in [5.41, 5.74) is 2.22. The molecule has 0 fully saturated rings. The van der Waals surface area contributed by atoms with Crippen LogP contribution in [0.4, 0.5) is 0 Å². The van der Waals surface area contributed by atoms with Gasteiger partial charge in [0.25, 0.3) is 0 Å². The van der Waals surface area contributed by atoms with Crippen LogP contribution in [0.15, 0.2) is 45.8 Å². The molecule has 1 aliphatic heterocycles. The topological polar surface area (TPSA) is 84.2 Å². The summed E-state index contributed by atoms with van der Waals surface area (Å²) in [6.07, 6.45) is 2.99. The average Bonchev–Trinajstić information content (AvgIpc) is 2.78. The third-order valence-electron chi connectivity index (χ3n) is 4.98. The number of hydrogen-bond donors (Lipinski definition) is 0. The van der Waals surface area contributed by atoms with Crippen LogP contribution in [0.1, 0.15) is 25.8 Å². The van der Waals surface area contributed by atoms with E-state index in [9.17, 15) is 9.59 Å². The lowest BCUT2D eigenvalue weighted by atomic mass is 10.0. The molecule has 0 N–H and O–H groups in total. The fourth-order valence-electron chi connectivity index (χ4n) is 3.55. The monoisotopic (exact) mass is 424 g/mol. The summed E-state index contributed by atoms with van der Waals surface area (Å²) in [6.45, 7) is 4.84. The van der Waals surface area contributed by atoms with Crippen LogP contribution in [-0.2, 0) is 16.0 Å². The van der Waals surface area contributed by atoms with Crippen LogP contribution in [0.2, 0.25) is 0 Å². The zero-order valence-electron chi connectivity index (χ0n) is 17.6. The highest BCUT2D eigenvalue weighted by atomic mass is 16.6. The lowest BCUT2D eigenvalue weighted by molar-refractivity contribution is -0.145. The summed E-state index contributed by atoms with van der Waals surface area (Å²) < 4.78 is 27.5. The fourth-order valence-corrected chi connectivity index (χ4v) is 3.55. The number of carbonyl (C=O) groups excluding carboxylic acids is 1. The van der Waals surface area contributed by atoms with Crippen molar-refractivity contribution in [3.05, 3.63) is 52.4 Å². The van der Waals surface area contributed by atoms with Crippen LogP contribution >= 0.6 is 0 Å². The normalized spacial score (nSPS) is 12.6. The first-order chi connectivity index (χ1) is 15.1. The zero-order valence-corrected chi connectivity index (χ0v) is 17.6. The lowest BCUT2D eigenvalue weighted by Gasteiger charge is -2.18. The molecule has 0 bridgehead atoms. The van der Waals surface area contributed by atoms with Crippen LogP contribution in [0.25, 0.3) is 22.1 Å². The van der Waals surface area contributed by atoms with Crippen LogP contribution in [0.3, 0.4) is 0 Å². The highest BCUT2D eigenvalue weighted by Crippen LogP contribution is 2.34. The van der Waals surface area contributed by atoms with Gasteiger partial charge in [-0.05, 0) is 42.7 Å². The lowest BCUT2D eigenvalue weighted by Crippen LogP contribution is -2.16. The van der Waals surface area contributed by atoms with Gasteiger partial charge < -0.3 is 23.4 Å². The van der Waals surface area contributed by atoms with E-state index >= 15 is 0 Å². The number of ether oxygens (including phenoxy) is 4. The predicted molar refractivity (Wildman–Crippen MR) is 115 cm³/mol. The second-order valence-corrected chi connectivity index (χ2v) is 7.14. The Morgan fingerprint density at radius 3 is 2.65 bits per heavy atom. The van der Waals surface area contributed by atoms with Crippen LogP contribution in [-0.4, -0.2) is 32.4 Å². The van der Waals surface area contributed by atoms with Gasteiger partial charge in [0.15, 0.2) is 18.1 Å². The van der Waals surface area contributed by atoms with Gasteiger partial charge in [0.1, 0.15) is 30.8 Å². The predicted octanol–water partition coefficient (Wildman–Crippen LogP) is 4.13. The SMILES string of the molecule is CCCc1cc2c(=O)c(-c3ccc4c(c3)OCCO4)coc2cc1OCC(=O)OCC. The zero-order chi connectivity index (χ0) is 21.8. The second-order valence-electron chi connectivity index (χ2n) is 7.14. The molecule has 2 heterocycles. The first kappa shape index (κ1) is 20.8. The molecule has 31 heavy (non-hydrogen) atoms. The van der Waals surface area contributed by atoms with Crippen molar-refractivity contribution < 1.29 is 28.2 Å². The molecule has 1 aromatic heterocycles. The van der Waals surface area contributed by atoms with E-state index in [1.165, 1.54) is 6.26 Å². The van der Waals surface area contributed by atoms with E-state index in [0.29, 0.717) is 65.6 Å². The Morgan fingerprint density at radius 2 is 1.87 bits per heavy atom. The Kier molecular flexibility index (Phi) is 6.11. The number of benzene rings is 2. The van der Waals surface area contributed by atoms with Gasteiger partial charge in [-0.3, -0.25) is 4.79 Å². The Hall–Kier alpha value is -3.48. The molecular formula is C24H24O7. The fraction of sp³-hybridized carbons (Fsp3) is 0.333. The minimum absolute atomic E-state index is 0.146. The van der Waals surface area contributed by atoms with Gasteiger partial charge in [0, 0.05) is 6.07 Å². The van der Waals surface area contributed by atoms with E-state index in [1.54, 1.807) is 31.2 Å². The van der Waals surface area contributed by atoms with Gasteiger partial charge in [0.05, 0.1) is 17.6 Å². The minimum Gasteiger partial charge on any atom is -0.486 e. The molecule has 162 valence electrons. The molecule has 0 saturated heterocycles. The smallest absolute Gasteiger partial charge is 0.344 e. The summed E-state index contributed by atoms with van der Waals surface area (Å²) in [5.74, 6) is 1.34. The number of rotatable bonds is 7. The van der Waals surface area contributed by atoms with Crippen LogP contribution < -0.4 is 19.6 Å². The molecule has 0 radical (unpaired) electrons. The molecule has 0 saturated carbocycles. The number of esters is 1. The third kappa shape index (κ3) is 4.35. The van der Waals surface area contributed by atoms with Gasteiger partial charge in [-0.25, -0.2) is 4.79 Å². The molecule has 2 aromatic carbocycles. The van der Waals surface area contributed by atoms with E-state index in [0.717, 1.165) is 12.0 Å². The number of hydrogen-bond acceptors (Lipinski definition) is 7. The van der Waals surface area contributed by atoms with Crippen molar-refractivity contribution in [1.82, 2.24) is 0 Å². The molecule has 0 unspecified atom stereocenters. The molecule has 0 aliphatic carbocycles. The molecule has 0 atom stereocenters. The molecule has 0 amide bonds. The molecule has 3 aromatic rings. The summed E-state index contributed by atoms with van der Waals surface area (Å²) in [6, 6.07) is 8.84. The van der Waals surface area contributed by atoms with Gasteiger partial charge in [-0.15, -0.1) is 0 Å². The standard InChI is InChI=1S/C24H24O7/c1-3-5-16-10-17-21(12-20(16)31-14-23(25)27-4-2)30-13-18(24(17)26)15-6-7-19-22(11-15)29-9-8-28-19/h6-7,10-13H,3-5,8-9,14H2,1-2H3. The third-order valence-corrected chi connectivity index (χ3v) is 4.98. The highest BCUT2D eigenvalue weighted by molar-refractivity contribution is 5.84. The van der Waals surface area contributed by atoms with Crippen molar-refractivity contribution in [1.29, 1.82) is 0 Å². The molecule has 0 spiro atoms. The molecule has 1 aliphatic rings. The van der Waals surface area contributed by atoms with Gasteiger partial charge in [0.2, 0.25) is 5.43 Å². The average molecular weight is 424 g/mol. The maximum Gasteiger partial charge on any atom is 0.344 e. The quantitative estimate of drug-likeness (QED) is 0.527. The Morgan fingerprint density at radius 1 is 1.06 bits per heavy atom. The van der Waals surface area contributed by atoms with Crippen LogP contribution in [0, 0.1) is 0 Å².